The molecule has 0 aromatic carbocycles. The van der Waals surface area contributed by atoms with Gasteiger partial charge in [-0.15, -0.1) is 0 Å². The van der Waals surface area contributed by atoms with Crippen LogP contribution in [0.2, 0.25) is 0 Å². The van der Waals surface area contributed by atoms with Crippen molar-refractivity contribution in [1.82, 2.24) is 4.31 Å². The molecule has 0 aromatic rings. The van der Waals surface area contributed by atoms with E-state index in [2.05, 4.69) is 0 Å². The molecule has 100 valence electrons. The van der Waals surface area contributed by atoms with Gasteiger partial charge in [0, 0.05) is 26.3 Å². The highest BCUT2D eigenvalue weighted by atomic mass is 32.2. The third-order valence-corrected chi connectivity index (χ3v) is 3.66. The number of nitrogens with zero attached hydrogens (tertiary/aromatic N) is 2. The van der Waals surface area contributed by atoms with Gasteiger partial charge in [0.1, 0.15) is 0 Å². The van der Waals surface area contributed by atoms with Crippen molar-refractivity contribution in [2.24, 2.45) is 0 Å². The van der Waals surface area contributed by atoms with Crippen LogP contribution in [-0.4, -0.2) is 58.0 Å². The average molecular weight is 264 g/mol. The lowest BCUT2D eigenvalue weighted by Gasteiger charge is -2.20. The first-order chi connectivity index (χ1) is 8.08. The van der Waals surface area contributed by atoms with Crippen LogP contribution in [0.3, 0.4) is 0 Å². The molecule has 0 aliphatic rings. The minimum absolute atomic E-state index is 0.255. The van der Waals surface area contributed by atoms with Crippen LogP contribution in [0, 0.1) is 11.3 Å². The van der Waals surface area contributed by atoms with Crippen molar-refractivity contribution in [2.75, 3.05) is 45.3 Å². The average Bonchev–Trinajstić information content (AvgIpc) is 2.27. The van der Waals surface area contributed by atoms with E-state index in [-0.39, 0.29) is 13.1 Å². The topological polar surface area (TPSA) is 79.6 Å². The summed E-state index contributed by atoms with van der Waals surface area (Å²) in [5.74, 6) is -0.509. The Morgan fingerprint density at radius 2 is 1.59 bits per heavy atom. The van der Waals surface area contributed by atoms with Crippen LogP contribution in [0.4, 0.5) is 0 Å². The molecule has 0 radical (unpaired) electrons. The number of sulfonamides is 1. The number of nitriles is 1. The van der Waals surface area contributed by atoms with E-state index >= 15 is 0 Å². The Labute approximate surface area is 103 Å². The summed E-state index contributed by atoms with van der Waals surface area (Å²) in [5.41, 5.74) is 0. The molecule has 0 N–H and O–H groups in total. The normalized spacial score (nSPS) is 11.6. The molecule has 0 bridgehead atoms. The van der Waals surface area contributed by atoms with Gasteiger partial charge in [-0.1, -0.05) is 0 Å². The molecular formula is C10H20N2O4S. The summed E-state index contributed by atoms with van der Waals surface area (Å²) in [7, 11) is -3.52. The maximum atomic E-state index is 11.7. The largest absolute Gasteiger partial charge is 0.380 e. The fourth-order valence-corrected chi connectivity index (χ4v) is 2.24. The molecule has 0 aliphatic carbocycles. The Balaban J connectivity index is 4.34. The lowest BCUT2D eigenvalue weighted by atomic mass is 10.6. The van der Waals surface area contributed by atoms with Gasteiger partial charge in [0.2, 0.25) is 10.0 Å². The van der Waals surface area contributed by atoms with Gasteiger partial charge in [-0.2, -0.15) is 9.57 Å². The monoisotopic (exact) mass is 264 g/mol. The van der Waals surface area contributed by atoms with Crippen LogP contribution in [0.5, 0.6) is 0 Å². The molecule has 0 heterocycles. The van der Waals surface area contributed by atoms with Gasteiger partial charge in [0.15, 0.2) is 5.75 Å². The molecule has 0 aromatic heterocycles. The standard InChI is InChI=1S/C10H20N2O4S/c1-3-15-8-6-12(7-9-16-4-2)17(13,14)10-5-11/h3-4,6-10H2,1-2H3. The molecule has 0 unspecified atom stereocenters. The Kier molecular flexibility index (Phi) is 8.99. The second-order valence-corrected chi connectivity index (χ2v) is 5.18. The molecule has 0 aliphatic heterocycles. The predicted octanol–water partition coefficient (Wildman–Crippen LogP) is 0.215. The summed E-state index contributed by atoms with van der Waals surface area (Å²) in [5, 5.41) is 8.48. The minimum atomic E-state index is -3.52. The van der Waals surface area contributed by atoms with E-state index in [1.807, 2.05) is 13.8 Å². The molecule has 0 fully saturated rings. The lowest BCUT2D eigenvalue weighted by Crippen LogP contribution is -2.38. The second kappa shape index (κ2) is 9.36. The highest BCUT2D eigenvalue weighted by Gasteiger charge is 2.21. The third kappa shape index (κ3) is 7.28. The van der Waals surface area contributed by atoms with Crippen molar-refractivity contribution in [3.05, 3.63) is 0 Å². The first-order valence-corrected chi connectivity index (χ1v) is 7.19. The van der Waals surface area contributed by atoms with Crippen LogP contribution < -0.4 is 0 Å². The zero-order chi connectivity index (χ0) is 13.1. The van der Waals surface area contributed by atoms with Gasteiger partial charge in [-0.25, -0.2) is 8.42 Å². The maximum absolute atomic E-state index is 11.7. The molecular weight excluding hydrogens is 244 g/mol. The summed E-state index contributed by atoms with van der Waals surface area (Å²) in [4.78, 5) is 0. The van der Waals surface area contributed by atoms with Crippen LogP contribution in [0.1, 0.15) is 13.8 Å². The zero-order valence-electron chi connectivity index (χ0n) is 10.4. The quantitative estimate of drug-likeness (QED) is 0.527. The summed E-state index contributed by atoms with van der Waals surface area (Å²) in [6, 6.07) is 1.66. The van der Waals surface area contributed by atoms with Crippen LogP contribution in [0.15, 0.2) is 0 Å². The van der Waals surface area contributed by atoms with Gasteiger partial charge in [-0.3, -0.25) is 0 Å². The highest BCUT2D eigenvalue weighted by Crippen LogP contribution is 2.01. The summed E-state index contributed by atoms with van der Waals surface area (Å²) < 4.78 is 34.9. The molecule has 0 spiro atoms. The lowest BCUT2D eigenvalue weighted by molar-refractivity contribution is 0.110. The van der Waals surface area contributed by atoms with Gasteiger partial charge in [0.25, 0.3) is 0 Å². The van der Waals surface area contributed by atoms with E-state index in [1.165, 1.54) is 4.31 Å². The third-order valence-electron chi connectivity index (χ3n) is 2.02. The van der Waals surface area contributed by atoms with E-state index < -0.39 is 15.8 Å². The van der Waals surface area contributed by atoms with E-state index in [9.17, 15) is 8.42 Å². The summed E-state index contributed by atoms with van der Waals surface area (Å²) in [6.07, 6.45) is 0. The molecule has 0 rings (SSSR count). The van der Waals surface area contributed by atoms with E-state index in [0.717, 1.165) is 0 Å². The smallest absolute Gasteiger partial charge is 0.227 e. The van der Waals surface area contributed by atoms with E-state index in [0.29, 0.717) is 26.4 Å². The summed E-state index contributed by atoms with van der Waals surface area (Å²) in [6.45, 7) is 5.92. The van der Waals surface area contributed by atoms with Crippen molar-refractivity contribution in [3.8, 4) is 6.07 Å². The molecule has 0 saturated carbocycles. The van der Waals surface area contributed by atoms with Gasteiger partial charge < -0.3 is 9.47 Å². The summed E-state index contributed by atoms with van der Waals surface area (Å²) >= 11 is 0. The number of hydrogen-bond donors (Lipinski definition) is 0. The van der Waals surface area contributed by atoms with Crippen LogP contribution in [-0.2, 0) is 19.5 Å². The van der Waals surface area contributed by atoms with E-state index in [1.54, 1.807) is 6.07 Å². The molecule has 7 heteroatoms. The fraction of sp³-hybridized carbons (Fsp3) is 0.900. The van der Waals surface area contributed by atoms with E-state index in [4.69, 9.17) is 14.7 Å². The second-order valence-electron chi connectivity index (χ2n) is 3.21. The number of ether oxygens (including phenoxy) is 2. The van der Waals surface area contributed by atoms with Gasteiger partial charge in [-0.05, 0) is 13.8 Å². The molecule has 0 saturated heterocycles. The molecule has 6 nitrogen and oxygen atoms in total. The zero-order valence-corrected chi connectivity index (χ0v) is 11.2. The maximum Gasteiger partial charge on any atom is 0.227 e. The Hall–Kier alpha value is -0.680. The van der Waals surface area contributed by atoms with Gasteiger partial charge in [0.05, 0.1) is 19.3 Å². The van der Waals surface area contributed by atoms with Gasteiger partial charge >= 0.3 is 0 Å². The molecule has 0 amide bonds. The van der Waals surface area contributed by atoms with Crippen LogP contribution in [0.25, 0.3) is 0 Å². The van der Waals surface area contributed by atoms with Crippen molar-refractivity contribution in [2.45, 2.75) is 13.8 Å². The highest BCUT2D eigenvalue weighted by molar-refractivity contribution is 7.89. The molecule has 0 atom stereocenters. The van der Waals surface area contributed by atoms with Crippen molar-refractivity contribution in [1.29, 1.82) is 5.26 Å². The predicted molar refractivity (Wildman–Crippen MR) is 64.0 cm³/mol. The van der Waals surface area contributed by atoms with Crippen molar-refractivity contribution in [3.63, 3.8) is 0 Å². The SMILES string of the molecule is CCOCCN(CCOCC)S(=O)(=O)CC#N. The first kappa shape index (κ1) is 16.3. The Morgan fingerprint density at radius 3 is 1.94 bits per heavy atom. The van der Waals surface area contributed by atoms with Crippen molar-refractivity contribution >= 4 is 10.0 Å². The Bertz CT molecular complexity index is 314. The molecule has 17 heavy (non-hydrogen) atoms. The number of rotatable bonds is 10. The fourth-order valence-electron chi connectivity index (χ4n) is 1.18. The first-order valence-electron chi connectivity index (χ1n) is 5.58. The Morgan fingerprint density at radius 1 is 1.12 bits per heavy atom. The van der Waals surface area contributed by atoms with Crippen LogP contribution >= 0.6 is 0 Å². The van der Waals surface area contributed by atoms with Crippen molar-refractivity contribution < 1.29 is 17.9 Å². The number of hydrogen-bond acceptors (Lipinski definition) is 5. The minimum Gasteiger partial charge on any atom is -0.380 e.